The Bertz CT molecular complexity index is 1470. The van der Waals surface area contributed by atoms with Crippen LogP contribution in [-0.2, 0) is 5.41 Å². The number of allylic oxidation sites excluding steroid dienone is 3. The molecule has 0 unspecified atom stereocenters. The van der Waals surface area contributed by atoms with Gasteiger partial charge in [0.1, 0.15) is 0 Å². The first-order chi connectivity index (χ1) is 17.7. The number of benzene rings is 3. The molecular weight excluding hydrogens is 478 g/mol. The average molecular weight is 508 g/mol. The summed E-state index contributed by atoms with van der Waals surface area (Å²) in [7, 11) is 0. The highest BCUT2D eigenvalue weighted by atomic mass is 32.2. The number of hydrogen-bond acceptors (Lipinski definition) is 4. The third kappa shape index (κ3) is 4.96. The van der Waals surface area contributed by atoms with Gasteiger partial charge in [0.05, 0.1) is 11.3 Å². The zero-order valence-corrected chi connectivity index (χ0v) is 22.1. The maximum atomic E-state index is 13.7. The normalized spacial score (nSPS) is 14.9. The number of anilines is 1. The Hall–Kier alpha value is -3.70. The molecule has 0 bridgehead atoms. The standard InChI is InChI=1S/C32H29NO3S/c1-32(2,3)21-16-14-20(15-17-21)31(36)33-25-18-19-26(37-22-10-6-4-5-7-11-22)28-27(25)29(34)23-12-8-9-13-24(23)30(28)35/h6,8-19H,4-5,7H2,1-3H3,(H,33,36). The van der Waals surface area contributed by atoms with Crippen molar-refractivity contribution in [2.24, 2.45) is 0 Å². The van der Waals surface area contributed by atoms with Gasteiger partial charge < -0.3 is 5.32 Å². The third-order valence-corrected chi connectivity index (χ3v) is 7.83. The monoisotopic (exact) mass is 507 g/mol. The zero-order valence-electron chi connectivity index (χ0n) is 21.3. The highest BCUT2D eigenvalue weighted by Gasteiger charge is 2.34. The van der Waals surface area contributed by atoms with Crippen LogP contribution < -0.4 is 5.32 Å². The van der Waals surface area contributed by atoms with E-state index in [2.05, 4.69) is 44.3 Å². The molecule has 0 radical (unpaired) electrons. The van der Waals surface area contributed by atoms with E-state index in [0.717, 1.165) is 29.7 Å². The van der Waals surface area contributed by atoms with Crippen molar-refractivity contribution in [2.45, 2.75) is 50.3 Å². The minimum atomic E-state index is -0.323. The van der Waals surface area contributed by atoms with Crippen LogP contribution >= 0.6 is 11.8 Å². The molecule has 186 valence electrons. The fraction of sp³-hybridized carbons (Fsp3) is 0.219. The molecule has 0 saturated heterocycles. The SMILES string of the molecule is CC(C)(C)c1ccc(C(=O)Nc2ccc(SC3=CCCCC=C3)c3c2C(=O)c2ccccc2C3=O)cc1. The van der Waals surface area contributed by atoms with Crippen LogP contribution in [0.4, 0.5) is 5.69 Å². The predicted octanol–water partition coefficient (Wildman–Crippen LogP) is 7.73. The maximum absolute atomic E-state index is 13.7. The molecule has 0 saturated carbocycles. The van der Waals surface area contributed by atoms with E-state index >= 15 is 0 Å². The van der Waals surface area contributed by atoms with Crippen molar-refractivity contribution >= 4 is 34.9 Å². The van der Waals surface area contributed by atoms with Crippen molar-refractivity contribution in [3.8, 4) is 0 Å². The van der Waals surface area contributed by atoms with Gasteiger partial charge in [-0.2, -0.15) is 0 Å². The van der Waals surface area contributed by atoms with Crippen LogP contribution in [0.1, 0.15) is 87.8 Å². The fourth-order valence-electron chi connectivity index (χ4n) is 4.65. The first kappa shape index (κ1) is 25.0. The molecule has 5 heteroatoms. The first-order valence-corrected chi connectivity index (χ1v) is 13.4. The Morgan fingerprint density at radius 3 is 2.19 bits per heavy atom. The van der Waals surface area contributed by atoms with E-state index in [1.165, 1.54) is 11.8 Å². The maximum Gasteiger partial charge on any atom is 0.255 e. The summed E-state index contributed by atoms with van der Waals surface area (Å²) in [5.41, 5.74) is 3.31. The second-order valence-electron chi connectivity index (χ2n) is 10.4. The summed E-state index contributed by atoms with van der Waals surface area (Å²) in [5, 5.41) is 2.92. The van der Waals surface area contributed by atoms with Crippen LogP contribution in [0.5, 0.6) is 0 Å². The average Bonchev–Trinajstić information content (AvgIpc) is 3.16. The van der Waals surface area contributed by atoms with Gasteiger partial charge in [0.2, 0.25) is 0 Å². The second kappa shape index (κ2) is 9.98. The van der Waals surface area contributed by atoms with E-state index in [0.29, 0.717) is 32.8 Å². The molecule has 5 rings (SSSR count). The lowest BCUT2D eigenvalue weighted by molar-refractivity contribution is 0.0976. The summed E-state index contributed by atoms with van der Waals surface area (Å²) in [4.78, 5) is 42.4. The van der Waals surface area contributed by atoms with Crippen molar-refractivity contribution < 1.29 is 14.4 Å². The number of hydrogen-bond donors (Lipinski definition) is 1. The molecule has 4 nitrogen and oxygen atoms in total. The third-order valence-electron chi connectivity index (χ3n) is 6.73. The Kier molecular flexibility index (Phi) is 6.74. The van der Waals surface area contributed by atoms with Crippen LogP contribution in [0.15, 0.2) is 88.7 Å². The van der Waals surface area contributed by atoms with E-state index in [1.54, 1.807) is 42.5 Å². The van der Waals surface area contributed by atoms with Gasteiger partial charge in [-0.25, -0.2) is 0 Å². The number of nitrogens with one attached hydrogen (secondary N) is 1. The minimum absolute atomic E-state index is 0.0241. The van der Waals surface area contributed by atoms with Crippen molar-refractivity contribution in [3.63, 3.8) is 0 Å². The molecule has 2 aliphatic rings. The van der Waals surface area contributed by atoms with Crippen LogP contribution in [0, 0.1) is 0 Å². The molecule has 0 aliphatic heterocycles. The van der Waals surface area contributed by atoms with Crippen LogP contribution in [0.3, 0.4) is 0 Å². The molecule has 3 aromatic rings. The van der Waals surface area contributed by atoms with Crippen molar-refractivity contribution in [1.29, 1.82) is 0 Å². The van der Waals surface area contributed by atoms with Crippen LogP contribution in [-0.4, -0.2) is 17.5 Å². The molecule has 2 aliphatic carbocycles. The number of carbonyl (C=O) groups excluding carboxylic acids is 3. The quantitative estimate of drug-likeness (QED) is 0.307. The van der Waals surface area contributed by atoms with Gasteiger partial charge in [0.25, 0.3) is 5.91 Å². The highest BCUT2D eigenvalue weighted by molar-refractivity contribution is 8.03. The molecule has 0 fully saturated rings. The molecule has 0 spiro atoms. The van der Waals surface area contributed by atoms with Gasteiger partial charge in [-0.3, -0.25) is 14.4 Å². The number of rotatable bonds is 4. The summed E-state index contributed by atoms with van der Waals surface area (Å²) in [6.45, 7) is 6.36. The molecule has 0 atom stereocenters. The Morgan fingerprint density at radius 1 is 0.838 bits per heavy atom. The van der Waals surface area contributed by atoms with Crippen LogP contribution in [0.2, 0.25) is 0 Å². The first-order valence-electron chi connectivity index (χ1n) is 12.6. The van der Waals surface area contributed by atoms with E-state index in [-0.39, 0.29) is 28.5 Å². The summed E-state index contributed by atoms with van der Waals surface area (Å²) in [6.07, 6.45) is 9.45. The molecular formula is C32H29NO3S. The van der Waals surface area contributed by atoms with Gasteiger partial charge in [-0.15, -0.1) is 0 Å². The molecule has 3 aromatic carbocycles. The number of ketones is 2. The van der Waals surface area contributed by atoms with Crippen molar-refractivity contribution in [1.82, 2.24) is 0 Å². The Labute approximate surface area is 221 Å². The highest BCUT2D eigenvalue weighted by Crippen LogP contribution is 2.41. The molecule has 37 heavy (non-hydrogen) atoms. The lowest BCUT2D eigenvalue weighted by atomic mass is 9.83. The van der Waals surface area contributed by atoms with E-state index in [9.17, 15) is 14.4 Å². The summed E-state index contributed by atoms with van der Waals surface area (Å²) >= 11 is 1.49. The Balaban J connectivity index is 1.56. The Morgan fingerprint density at radius 2 is 1.51 bits per heavy atom. The van der Waals surface area contributed by atoms with Gasteiger partial charge in [-0.1, -0.05) is 87.2 Å². The van der Waals surface area contributed by atoms with Gasteiger partial charge >= 0.3 is 0 Å². The molecule has 0 aromatic heterocycles. The van der Waals surface area contributed by atoms with Crippen LogP contribution in [0.25, 0.3) is 0 Å². The molecule has 1 N–H and O–H groups in total. The lowest BCUT2D eigenvalue weighted by Crippen LogP contribution is -2.24. The zero-order chi connectivity index (χ0) is 26.2. The van der Waals surface area contributed by atoms with E-state index in [4.69, 9.17) is 0 Å². The summed E-state index contributed by atoms with van der Waals surface area (Å²) in [6, 6.07) is 17.9. The second-order valence-corrected chi connectivity index (χ2v) is 11.5. The summed E-state index contributed by atoms with van der Waals surface area (Å²) in [5.74, 6) is -0.774. The number of fused-ring (bicyclic) bond motifs is 2. The molecule has 0 heterocycles. The van der Waals surface area contributed by atoms with Gasteiger partial charge in [-0.05, 0) is 54.5 Å². The van der Waals surface area contributed by atoms with Gasteiger partial charge in [0.15, 0.2) is 11.6 Å². The fourth-order valence-corrected chi connectivity index (χ4v) is 5.70. The number of thioether (sulfide) groups is 1. The largest absolute Gasteiger partial charge is 0.321 e. The smallest absolute Gasteiger partial charge is 0.255 e. The topological polar surface area (TPSA) is 63.2 Å². The van der Waals surface area contributed by atoms with E-state index in [1.807, 2.05) is 18.2 Å². The molecule has 1 amide bonds. The van der Waals surface area contributed by atoms with Gasteiger partial charge in [0, 0.05) is 32.1 Å². The van der Waals surface area contributed by atoms with Crippen molar-refractivity contribution in [3.05, 3.63) is 117 Å². The van der Waals surface area contributed by atoms with E-state index < -0.39 is 0 Å². The minimum Gasteiger partial charge on any atom is -0.321 e. The van der Waals surface area contributed by atoms with Crippen molar-refractivity contribution in [2.75, 3.05) is 5.32 Å². The predicted molar refractivity (Wildman–Crippen MR) is 150 cm³/mol. The number of amides is 1. The lowest BCUT2D eigenvalue weighted by Gasteiger charge is -2.23. The number of carbonyl (C=O) groups is 3. The summed E-state index contributed by atoms with van der Waals surface area (Å²) < 4.78 is 0.